The third-order valence-electron chi connectivity index (χ3n) is 4.20. The summed E-state index contributed by atoms with van der Waals surface area (Å²) in [6, 6.07) is 18.6. The van der Waals surface area contributed by atoms with Crippen LogP contribution in [-0.4, -0.2) is 12.8 Å². The summed E-state index contributed by atoms with van der Waals surface area (Å²) in [7, 11) is 0. The first-order valence-corrected chi connectivity index (χ1v) is 10.5. The molecule has 0 heterocycles. The first-order valence-electron chi connectivity index (χ1n) is 9.39. The number of rotatable bonds is 9. The third-order valence-corrected chi connectivity index (χ3v) is 5.15. The Morgan fingerprint density at radius 2 is 1.70 bits per heavy atom. The van der Waals surface area contributed by atoms with Gasteiger partial charge in [-0.3, -0.25) is 0 Å². The predicted octanol–water partition coefficient (Wildman–Crippen LogP) is 6.75. The van der Waals surface area contributed by atoms with Crippen molar-refractivity contribution in [3.8, 4) is 11.5 Å². The van der Waals surface area contributed by atoms with E-state index in [1.165, 1.54) is 0 Å². The molecule has 0 aromatic heterocycles. The highest BCUT2D eigenvalue weighted by molar-refractivity contribution is 6.35. The van der Waals surface area contributed by atoms with E-state index in [1.54, 1.807) is 18.3 Å². The maximum Gasteiger partial charge on any atom is 0.161 e. The summed E-state index contributed by atoms with van der Waals surface area (Å²) in [6.45, 7) is 3.29. The van der Waals surface area contributed by atoms with Crippen LogP contribution in [0.25, 0.3) is 0 Å². The zero-order valence-electron chi connectivity index (χ0n) is 16.4. The van der Waals surface area contributed by atoms with E-state index in [0.29, 0.717) is 46.3 Å². The smallest absolute Gasteiger partial charge is 0.161 e. The van der Waals surface area contributed by atoms with Gasteiger partial charge in [-0.15, -0.1) is 0 Å². The number of hydrogen-bond acceptors (Lipinski definition) is 4. The molecule has 3 aromatic carbocycles. The number of nitrogens with one attached hydrogen (secondary N) is 1. The molecule has 0 spiro atoms. The molecule has 0 unspecified atom stereocenters. The molecule has 0 saturated heterocycles. The molecule has 0 atom stereocenters. The molecule has 0 radical (unpaired) electrons. The number of hydrazone groups is 1. The fourth-order valence-electron chi connectivity index (χ4n) is 2.68. The molecule has 0 bridgehead atoms. The Kier molecular flexibility index (Phi) is 8.26. The minimum absolute atomic E-state index is 0.308. The predicted molar refractivity (Wildman–Crippen MR) is 124 cm³/mol. The van der Waals surface area contributed by atoms with Crippen molar-refractivity contribution in [1.82, 2.24) is 5.43 Å². The van der Waals surface area contributed by atoms with Crippen LogP contribution in [0.3, 0.4) is 0 Å². The maximum absolute atomic E-state index is 6.22. The van der Waals surface area contributed by atoms with E-state index >= 15 is 0 Å². The van der Waals surface area contributed by atoms with Gasteiger partial charge in [-0.05, 0) is 54.4 Å². The second-order valence-corrected chi connectivity index (χ2v) is 7.60. The van der Waals surface area contributed by atoms with Gasteiger partial charge >= 0.3 is 0 Å². The summed E-state index contributed by atoms with van der Waals surface area (Å²) in [5.74, 6) is 1.27. The first kappa shape index (κ1) is 22.3. The number of ether oxygens (including phenoxy) is 2. The molecule has 156 valence electrons. The summed E-state index contributed by atoms with van der Waals surface area (Å²) in [5.41, 5.74) is 5.71. The van der Waals surface area contributed by atoms with Crippen LogP contribution in [0.1, 0.15) is 23.6 Å². The lowest BCUT2D eigenvalue weighted by Crippen LogP contribution is -2.06. The van der Waals surface area contributed by atoms with E-state index in [9.17, 15) is 0 Å². The number of nitrogens with zero attached hydrogens (tertiary/aromatic N) is 1. The highest BCUT2D eigenvalue weighted by atomic mass is 35.5. The van der Waals surface area contributed by atoms with Crippen LogP contribution in [0.4, 0.5) is 0 Å². The molecule has 3 rings (SSSR count). The van der Waals surface area contributed by atoms with Gasteiger partial charge in [-0.25, -0.2) is 0 Å². The van der Waals surface area contributed by atoms with Gasteiger partial charge in [0.15, 0.2) is 11.5 Å². The summed E-state index contributed by atoms with van der Waals surface area (Å²) >= 11 is 18.3. The van der Waals surface area contributed by atoms with Gasteiger partial charge in [0.2, 0.25) is 0 Å². The molecule has 0 amide bonds. The fraction of sp³-hybridized carbons (Fsp3) is 0.174. The molecule has 0 saturated carbocycles. The normalized spacial score (nSPS) is 10.9. The van der Waals surface area contributed by atoms with Crippen LogP contribution < -0.4 is 14.9 Å². The minimum atomic E-state index is 0.308. The second-order valence-electron chi connectivity index (χ2n) is 6.35. The van der Waals surface area contributed by atoms with Crippen LogP contribution in [0.5, 0.6) is 11.5 Å². The van der Waals surface area contributed by atoms with Crippen LogP contribution in [0.15, 0.2) is 65.8 Å². The van der Waals surface area contributed by atoms with Crippen molar-refractivity contribution in [2.45, 2.75) is 20.1 Å². The number of halogens is 3. The molecular formula is C23H21Cl3N2O2. The van der Waals surface area contributed by atoms with Crippen molar-refractivity contribution in [1.29, 1.82) is 0 Å². The Morgan fingerprint density at radius 3 is 2.47 bits per heavy atom. The summed E-state index contributed by atoms with van der Waals surface area (Å²) < 4.78 is 11.6. The Balaban J connectivity index is 1.64. The fourth-order valence-corrected chi connectivity index (χ4v) is 3.35. The van der Waals surface area contributed by atoms with Crippen molar-refractivity contribution in [3.63, 3.8) is 0 Å². The largest absolute Gasteiger partial charge is 0.490 e. The van der Waals surface area contributed by atoms with Crippen LogP contribution >= 0.6 is 34.8 Å². The molecule has 4 nitrogen and oxygen atoms in total. The molecule has 7 heteroatoms. The van der Waals surface area contributed by atoms with Gasteiger partial charge in [0.1, 0.15) is 6.61 Å². The van der Waals surface area contributed by atoms with E-state index in [-0.39, 0.29) is 0 Å². The van der Waals surface area contributed by atoms with E-state index < -0.39 is 0 Å². The average Bonchev–Trinajstić information content (AvgIpc) is 2.73. The molecule has 3 aromatic rings. The van der Waals surface area contributed by atoms with Crippen molar-refractivity contribution in [2.75, 3.05) is 6.61 Å². The number of hydrogen-bond donors (Lipinski definition) is 1. The molecular weight excluding hydrogens is 443 g/mol. The monoisotopic (exact) mass is 462 g/mol. The van der Waals surface area contributed by atoms with Crippen LogP contribution in [0.2, 0.25) is 15.1 Å². The molecule has 30 heavy (non-hydrogen) atoms. The Morgan fingerprint density at radius 1 is 0.867 bits per heavy atom. The highest BCUT2D eigenvalue weighted by Crippen LogP contribution is 2.30. The summed E-state index contributed by atoms with van der Waals surface area (Å²) in [5, 5.41) is 6.12. The van der Waals surface area contributed by atoms with E-state index in [0.717, 1.165) is 16.7 Å². The standard InChI is InChI=1S/C23H21Cl3N2O2/c1-2-29-23-11-16(13-27-28-14-17-5-3-4-6-20(17)25)7-10-22(23)30-15-18-8-9-19(24)12-21(18)26/h3-13,28H,2,14-15H2,1H3/b27-13-. The van der Waals surface area contributed by atoms with E-state index in [2.05, 4.69) is 10.5 Å². The lowest BCUT2D eigenvalue weighted by molar-refractivity contribution is 0.269. The van der Waals surface area contributed by atoms with Gasteiger partial charge < -0.3 is 14.9 Å². The van der Waals surface area contributed by atoms with Crippen molar-refractivity contribution in [3.05, 3.63) is 92.4 Å². The average molecular weight is 464 g/mol. The van der Waals surface area contributed by atoms with Gasteiger partial charge in [-0.1, -0.05) is 59.1 Å². The quantitative estimate of drug-likeness (QED) is 0.282. The molecule has 0 fully saturated rings. The van der Waals surface area contributed by atoms with Crippen molar-refractivity contribution >= 4 is 41.0 Å². The Labute approximate surface area is 191 Å². The van der Waals surface area contributed by atoms with Gasteiger partial charge in [0.05, 0.1) is 19.4 Å². The molecule has 0 aliphatic carbocycles. The van der Waals surface area contributed by atoms with Gasteiger partial charge in [0.25, 0.3) is 0 Å². The SMILES string of the molecule is CCOc1cc(/C=N\NCc2ccccc2Cl)ccc1OCc1ccc(Cl)cc1Cl. The Hall–Kier alpha value is -2.40. The van der Waals surface area contributed by atoms with Gasteiger partial charge in [-0.2, -0.15) is 5.10 Å². The van der Waals surface area contributed by atoms with E-state index in [1.807, 2.05) is 55.5 Å². The van der Waals surface area contributed by atoms with Crippen LogP contribution in [0, 0.1) is 0 Å². The van der Waals surface area contributed by atoms with Gasteiger partial charge in [0, 0.05) is 20.6 Å². The first-order chi connectivity index (χ1) is 14.6. The molecule has 1 N–H and O–H groups in total. The number of benzene rings is 3. The van der Waals surface area contributed by atoms with Crippen LogP contribution in [-0.2, 0) is 13.2 Å². The molecule has 0 aliphatic rings. The lowest BCUT2D eigenvalue weighted by atomic mass is 10.2. The van der Waals surface area contributed by atoms with Crippen molar-refractivity contribution in [2.24, 2.45) is 5.10 Å². The topological polar surface area (TPSA) is 42.8 Å². The third kappa shape index (κ3) is 6.30. The van der Waals surface area contributed by atoms with E-state index in [4.69, 9.17) is 44.3 Å². The highest BCUT2D eigenvalue weighted by Gasteiger charge is 2.08. The van der Waals surface area contributed by atoms with Crippen molar-refractivity contribution < 1.29 is 9.47 Å². The zero-order valence-corrected chi connectivity index (χ0v) is 18.6. The maximum atomic E-state index is 6.22. The summed E-state index contributed by atoms with van der Waals surface area (Å²) in [4.78, 5) is 0. The Bertz CT molecular complexity index is 1030. The lowest BCUT2D eigenvalue weighted by Gasteiger charge is -2.13. The zero-order chi connectivity index (χ0) is 21.3. The summed E-state index contributed by atoms with van der Waals surface area (Å²) in [6.07, 6.45) is 1.72. The second kappa shape index (κ2) is 11.1. The molecule has 0 aliphatic heterocycles. The minimum Gasteiger partial charge on any atom is -0.490 e.